The predicted molar refractivity (Wildman–Crippen MR) is 429 cm³/mol. The first-order valence-corrected chi connectivity index (χ1v) is 35.0. The van der Waals surface area contributed by atoms with E-state index in [1.165, 1.54) is 65.1 Å². The van der Waals surface area contributed by atoms with E-state index in [2.05, 4.69) is 352 Å². The van der Waals surface area contributed by atoms with Crippen molar-refractivity contribution in [1.29, 1.82) is 0 Å². The fraction of sp³-hybridized carbons (Fsp3) is 0. The number of fused-ring (bicyclic) bond motifs is 14. The molecule has 5 aromatic heterocycles. The number of rotatable bonds is 13. The van der Waals surface area contributed by atoms with Gasteiger partial charge in [0.1, 0.15) is 0 Å². The molecule has 0 amide bonds. The Balaban J connectivity index is 0.928. The molecule has 102 heavy (non-hydrogen) atoms. The van der Waals surface area contributed by atoms with Gasteiger partial charge < -0.3 is 18.3 Å². The summed E-state index contributed by atoms with van der Waals surface area (Å²) in [6, 6.07) is 135. The number of hydrogen-bond donors (Lipinski definition) is 0. The highest BCUT2D eigenvalue weighted by Gasteiger charge is 2.30. The average Bonchev–Trinajstić information content (AvgIpc) is 1.55. The molecule has 0 radical (unpaired) electrons. The molecule has 5 heterocycles. The Morgan fingerprint density at radius 2 is 0.441 bits per heavy atom. The minimum absolute atomic E-state index is 0.0453. The maximum absolute atomic E-state index is 5.54. The van der Waals surface area contributed by atoms with Crippen molar-refractivity contribution < 1.29 is 0 Å². The molecule has 0 aliphatic carbocycles. The van der Waals surface area contributed by atoms with Crippen LogP contribution >= 0.6 is 0 Å². The third-order valence-electron chi connectivity index (χ3n) is 20.8. The van der Waals surface area contributed by atoms with Crippen molar-refractivity contribution in [1.82, 2.24) is 33.2 Å². The van der Waals surface area contributed by atoms with Crippen molar-refractivity contribution in [2.24, 2.45) is 0 Å². The first-order chi connectivity index (χ1) is 50.6. The average molecular weight is 1300 g/mol. The maximum Gasteiger partial charge on any atom is 0.241 e. The van der Waals surface area contributed by atoms with E-state index in [0.29, 0.717) is 17.5 Å². The van der Waals surface area contributed by atoms with E-state index in [1.807, 2.05) is 36.4 Å². The van der Waals surface area contributed by atoms with Crippen LogP contribution in [0.5, 0.6) is 0 Å². The van der Waals surface area contributed by atoms with Crippen molar-refractivity contribution in [2.45, 2.75) is 0 Å². The lowest BCUT2D eigenvalue weighted by molar-refractivity contribution is 1.07. The maximum atomic E-state index is 5.54. The van der Waals surface area contributed by atoms with Crippen molar-refractivity contribution >= 4 is 133 Å². The van der Waals surface area contributed by atoms with Crippen LogP contribution < -0.4 is 32.8 Å². The summed E-state index contributed by atoms with van der Waals surface area (Å²) >= 11 is 0. The summed E-state index contributed by atoms with van der Waals surface area (Å²) in [6.07, 6.45) is 0. The number of para-hydroxylation sites is 4. The van der Waals surface area contributed by atoms with Crippen LogP contribution in [0.3, 0.4) is 0 Å². The Morgan fingerprint density at radius 3 is 0.794 bits per heavy atom. The van der Waals surface area contributed by atoms with Crippen LogP contribution in [0.2, 0.25) is 0 Å². The first-order valence-electron chi connectivity index (χ1n) is 35.0. The molecule has 0 aliphatic heterocycles. The smallest absolute Gasteiger partial charge is 0.241 e. The normalized spacial score (nSPS) is 11.7. The SMILES string of the molecule is c1ccc(B(c2ccccc2)c2ccc3c(c2)c2c4c5ccccc5n(-c5ccccc5)c4ccc2n3-c2cc(-c3nc(-c4ccccc4)nc(-c4ccccc4)n3)cc(-n3c4ccc(B(c5ccccc5)c5ccccc5)cc4c4c5c6ccccc6n(-c6ccccc6)c5ccc43)c2)cc1. The number of hydrogen-bond acceptors (Lipinski definition) is 3. The zero-order valence-electron chi connectivity index (χ0n) is 55.5. The molecular weight excluding hydrogens is 1240 g/mol. The topological polar surface area (TPSA) is 58.4 Å². The van der Waals surface area contributed by atoms with Gasteiger partial charge in [-0.25, -0.2) is 15.0 Å². The molecule has 7 nitrogen and oxygen atoms in total. The fourth-order valence-corrected chi connectivity index (χ4v) is 16.5. The van der Waals surface area contributed by atoms with Gasteiger partial charge in [-0.2, -0.15) is 0 Å². The van der Waals surface area contributed by atoms with E-state index >= 15 is 0 Å². The summed E-state index contributed by atoms with van der Waals surface area (Å²) in [6.45, 7) is -0.0905. The molecule has 0 atom stereocenters. The molecule has 0 N–H and O–H groups in total. The molecule has 0 saturated carbocycles. The van der Waals surface area contributed by atoms with Crippen molar-refractivity contribution in [2.75, 3.05) is 0 Å². The van der Waals surface area contributed by atoms with Gasteiger partial charge in [0.15, 0.2) is 17.5 Å². The van der Waals surface area contributed by atoms with E-state index in [0.717, 1.165) is 94.3 Å². The lowest BCUT2D eigenvalue weighted by Gasteiger charge is -2.18. The van der Waals surface area contributed by atoms with Crippen LogP contribution in [-0.4, -0.2) is 46.6 Å². The van der Waals surface area contributed by atoms with E-state index in [9.17, 15) is 0 Å². The second-order valence-corrected chi connectivity index (χ2v) is 26.6. The zero-order valence-corrected chi connectivity index (χ0v) is 55.5. The second kappa shape index (κ2) is 24.3. The monoisotopic (exact) mass is 1300 g/mol. The standard InChI is InChI=1S/C93H61B2N7/c1-9-29-62(30-10-1)91-96-92(63-31-11-2-12-32-63)98-93(97-91)64-57-73(101-81-51-49-69(94(65-33-13-3-14-34-65)66-35-15-4-16-36-66)59-77(81)89-85(101)55-53-83-87(89)75-45-25-27-47-79(75)99(83)71-41-21-7-22-42-71)61-74(58-64)102-82-52-50-70(95(67-37-17-5-18-38-67)68-39-19-6-20-40-68)60-78(82)90-86(102)56-54-84-88(90)76-46-26-28-48-80(76)100(84)72-43-23-8-24-44-72/h1-61H. The molecule has 0 unspecified atom stereocenters. The third-order valence-corrected chi connectivity index (χ3v) is 20.8. The van der Waals surface area contributed by atoms with Crippen LogP contribution in [0.4, 0.5) is 0 Å². The second-order valence-electron chi connectivity index (χ2n) is 26.6. The van der Waals surface area contributed by atoms with Gasteiger partial charge in [-0.15, -0.1) is 0 Å². The molecule has 15 aromatic carbocycles. The van der Waals surface area contributed by atoms with Gasteiger partial charge in [0, 0.05) is 82.5 Å². The van der Waals surface area contributed by atoms with Crippen molar-refractivity contribution in [3.63, 3.8) is 0 Å². The number of nitrogens with zero attached hydrogens (tertiary/aromatic N) is 7. The van der Waals surface area contributed by atoms with Gasteiger partial charge in [0.2, 0.25) is 13.4 Å². The van der Waals surface area contributed by atoms with Crippen LogP contribution in [0.15, 0.2) is 370 Å². The van der Waals surface area contributed by atoms with Gasteiger partial charge in [0.25, 0.3) is 0 Å². The zero-order chi connectivity index (χ0) is 67.2. The third kappa shape index (κ3) is 9.65. The summed E-state index contributed by atoms with van der Waals surface area (Å²) in [5, 5.41) is 9.40. The highest BCUT2D eigenvalue weighted by Crippen LogP contribution is 2.46. The number of aromatic nitrogens is 7. The van der Waals surface area contributed by atoms with Gasteiger partial charge in [-0.3, -0.25) is 0 Å². The largest absolute Gasteiger partial charge is 0.309 e. The molecular formula is C93H61B2N7. The molecule has 20 rings (SSSR count). The first kappa shape index (κ1) is 58.8. The highest BCUT2D eigenvalue weighted by atomic mass is 15.1. The minimum atomic E-state index is -0.0453. The summed E-state index contributed by atoms with van der Waals surface area (Å²) in [5.74, 6) is 1.74. The molecule has 20 aromatic rings. The summed E-state index contributed by atoms with van der Waals surface area (Å²) in [5.41, 5.74) is 22.9. The summed E-state index contributed by atoms with van der Waals surface area (Å²) in [7, 11) is 0. The van der Waals surface area contributed by atoms with E-state index in [4.69, 9.17) is 15.0 Å². The number of benzene rings is 15. The van der Waals surface area contributed by atoms with E-state index in [-0.39, 0.29) is 13.4 Å². The van der Waals surface area contributed by atoms with Gasteiger partial charge in [0.05, 0.1) is 44.1 Å². The van der Waals surface area contributed by atoms with Crippen LogP contribution in [0.1, 0.15) is 0 Å². The predicted octanol–water partition coefficient (Wildman–Crippen LogP) is 18.3. The Hall–Kier alpha value is -13.4. The Morgan fingerprint density at radius 1 is 0.176 bits per heavy atom. The molecule has 474 valence electrons. The lowest BCUT2D eigenvalue weighted by Crippen LogP contribution is -2.51. The van der Waals surface area contributed by atoms with E-state index < -0.39 is 0 Å². The Labute approximate surface area is 589 Å². The van der Waals surface area contributed by atoms with Crippen LogP contribution in [-0.2, 0) is 0 Å². The molecule has 0 bridgehead atoms. The quantitative estimate of drug-likeness (QED) is 0.108. The van der Waals surface area contributed by atoms with Crippen LogP contribution in [0.25, 0.3) is 144 Å². The van der Waals surface area contributed by atoms with E-state index in [1.54, 1.807) is 0 Å². The molecule has 0 fully saturated rings. The lowest BCUT2D eigenvalue weighted by atomic mass is 9.37. The molecule has 0 spiro atoms. The van der Waals surface area contributed by atoms with Gasteiger partial charge in [-0.1, -0.05) is 312 Å². The summed E-state index contributed by atoms with van der Waals surface area (Å²) in [4.78, 5) is 16.3. The van der Waals surface area contributed by atoms with Crippen molar-refractivity contribution in [3.05, 3.63) is 370 Å². The fourth-order valence-electron chi connectivity index (χ4n) is 16.5. The highest BCUT2D eigenvalue weighted by molar-refractivity contribution is 6.96. The molecule has 0 aliphatic rings. The minimum Gasteiger partial charge on any atom is -0.309 e. The van der Waals surface area contributed by atoms with Crippen LogP contribution in [0, 0.1) is 0 Å². The molecule has 9 heteroatoms. The van der Waals surface area contributed by atoms with Gasteiger partial charge >= 0.3 is 0 Å². The Bertz CT molecular complexity index is 6120. The Kier molecular flexibility index (Phi) is 14.0. The van der Waals surface area contributed by atoms with Crippen molar-refractivity contribution in [3.8, 4) is 56.9 Å². The molecule has 0 saturated heterocycles. The van der Waals surface area contributed by atoms with Gasteiger partial charge in [-0.05, 0) is 91.0 Å². The summed E-state index contributed by atoms with van der Waals surface area (Å²) < 4.78 is 9.89.